The minimum atomic E-state index is -0.831. The van der Waals surface area contributed by atoms with Gasteiger partial charge in [-0.1, -0.05) is 30.9 Å². The first kappa shape index (κ1) is 21.8. The lowest BCUT2D eigenvalue weighted by atomic mass is 9.95. The number of carbonyl (C=O) groups is 2. The van der Waals surface area contributed by atoms with Crippen LogP contribution in [0.25, 0.3) is 5.76 Å². The fraction of sp³-hybridized carbons (Fsp3) is 0.115. The van der Waals surface area contributed by atoms with Gasteiger partial charge < -0.3 is 19.8 Å². The number of aliphatic hydroxyl groups excluding tert-OH is 1. The van der Waals surface area contributed by atoms with Crippen LogP contribution in [0.4, 0.5) is 0 Å². The van der Waals surface area contributed by atoms with Gasteiger partial charge in [0, 0.05) is 24.5 Å². The van der Waals surface area contributed by atoms with E-state index in [1.807, 2.05) is 6.07 Å². The molecule has 7 heteroatoms. The highest BCUT2D eigenvalue weighted by Gasteiger charge is 2.46. The lowest BCUT2D eigenvalue weighted by Gasteiger charge is -2.25. The smallest absolute Gasteiger partial charge is 0.295 e. The molecular weight excluding hydrogens is 420 g/mol. The monoisotopic (exact) mass is 442 g/mol. The third kappa shape index (κ3) is 4.48. The molecule has 2 heterocycles. The number of Topliss-reactive ketones (excluding diaryl/α,β-unsaturated/α-hetero) is 1. The number of phenolic OH excluding ortho intramolecular Hbond substituents is 1. The van der Waals surface area contributed by atoms with Crippen LogP contribution >= 0.6 is 0 Å². The number of amides is 1. The number of likely N-dealkylation sites (tertiary alicyclic amines) is 1. The maximum atomic E-state index is 13.1. The summed E-state index contributed by atoms with van der Waals surface area (Å²) in [4.78, 5) is 31.6. The first-order chi connectivity index (χ1) is 16.0. The van der Waals surface area contributed by atoms with E-state index in [4.69, 9.17) is 4.74 Å². The molecule has 0 radical (unpaired) electrons. The van der Waals surface area contributed by atoms with Crippen molar-refractivity contribution in [3.8, 4) is 11.5 Å². The Balaban J connectivity index is 1.78. The van der Waals surface area contributed by atoms with E-state index < -0.39 is 17.7 Å². The number of aliphatic hydroxyl groups is 1. The number of hydrogen-bond acceptors (Lipinski definition) is 6. The van der Waals surface area contributed by atoms with Gasteiger partial charge in [-0.15, -0.1) is 0 Å². The summed E-state index contributed by atoms with van der Waals surface area (Å²) in [6, 6.07) is 15.5. The van der Waals surface area contributed by atoms with Crippen LogP contribution in [0.3, 0.4) is 0 Å². The van der Waals surface area contributed by atoms with Crippen LogP contribution in [-0.2, 0) is 16.1 Å². The number of hydrogen-bond donors (Lipinski definition) is 2. The van der Waals surface area contributed by atoms with Gasteiger partial charge in [0.05, 0.1) is 11.6 Å². The third-order valence-electron chi connectivity index (χ3n) is 5.32. The molecule has 4 rings (SSSR count). The molecule has 3 aromatic rings. The average molecular weight is 442 g/mol. The molecule has 0 saturated carbocycles. The Morgan fingerprint density at radius 3 is 2.45 bits per heavy atom. The lowest BCUT2D eigenvalue weighted by Crippen LogP contribution is -2.29. The zero-order valence-electron chi connectivity index (χ0n) is 17.7. The highest BCUT2D eigenvalue weighted by Crippen LogP contribution is 2.40. The van der Waals surface area contributed by atoms with Gasteiger partial charge in [-0.05, 0) is 53.6 Å². The lowest BCUT2D eigenvalue weighted by molar-refractivity contribution is -0.140. The maximum absolute atomic E-state index is 13.1. The molecule has 0 spiro atoms. The van der Waals surface area contributed by atoms with E-state index in [2.05, 4.69) is 11.6 Å². The van der Waals surface area contributed by atoms with Crippen molar-refractivity contribution in [2.75, 3.05) is 6.61 Å². The number of phenols is 1. The third-order valence-corrected chi connectivity index (χ3v) is 5.32. The van der Waals surface area contributed by atoms with E-state index in [1.54, 1.807) is 60.9 Å². The molecule has 1 aliphatic rings. The molecule has 0 aliphatic carbocycles. The Morgan fingerprint density at radius 1 is 1.09 bits per heavy atom. The largest absolute Gasteiger partial charge is 0.508 e. The molecule has 1 atom stereocenters. The van der Waals surface area contributed by atoms with Gasteiger partial charge in [0.15, 0.2) is 0 Å². The second-order valence-electron chi connectivity index (χ2n) is 7.50. The van der Waals surface area contributed by atoms with Gasteiger partial charge in [0.1, 0.15) is 23.9 Å². The molecule has 1 aromatic heterocycles. The highest BCUT2D eigenvalue weighted by atomic mass is 16.5. The Labute approximate surface area is 190 Å². The highest BCUT2D eigenvalue weighted by molar-refractivity contribution is 6.46. The molecule has 33 heavy (non-hydrogen) atoms. The van der Waals surface area contributed by atoms with Crippen LogP contribution in [0.5, 0.6) is 11.5 Å². The molecule has 0 bridgehead atoms. The minimum Gasteiger partial charge on any atom is -0.508 e. The summed E-state index contributed by atoms with van der Waals surface area (Å²) in [6.45, 7) is 4.08. The first-order valence-corrected chi connectivity index (χ1v) is 10.3. The minimum absolute atomic E-state index is 0.0191. The number of ether oxygens (including phenoxy) is 1. The topological polar surface area (TPSA) is 100.0 Å². The normalized spacial score (nSPS) is 17.2. The summed E-state index contributed by atoms with van der Waals surface area (Å²) >= 11 is 0. The first-order valence-electron chi connectivity index (χ1n) is 10.3. The fourth-order valence-electron chi connectivity index (χ4n) is 3.75. The predicted octanol–water partition coefficient (Wildman–Crippen LogP) is 3.97. The Hall–Kier alpha value is -4.39. The molecule has 0 unspecified atom stereocenters. The Bertz CT molecular complexity index is 1200. The van der Waals surface area contributed by atoms with Crippen molar-refractivity contribution in [3.05, 3.63) is 108 Å². The van der Waals surface area contributed by atoms with Crippen molar-refractivity contribution < 1.29 is 24.5 Å². The summed E-state index contributed by atoms with van der Waals surface area (Å²) in [5, 5.41) is 20.8. The van der Waals surface area contributed by atoms with Crippen molar-refractivity contribution >= 4 is 17.4 Å². The van der Waals surface area contributed by atoms with Gasteiger partial charge in [-0.2, -0.15) is 0 Å². The van der Waals surface area contributed by atoms with Crippen molar-refractivity contribution in [1.29, 1.82) is 0 Å². The number of carbonyl (C=O) groups excluding carboxylic acids is 2. The van der Waals surface area contributed by atoms with Gasteiger partial charge in [0.25, 0.3) is 11.7 Å². The summed E-state index contributed by atoms with van der Waals surface area (Å²) in [5.74, 6) is -1.14. The van der Waals surface area contributed by atoms with Gasteiger partial charge in [-0.25, -0.2) is 0 Å². The summed E-state index contributed by atoms with van der Waals surface area (Å²) in [6.07, 6.45) is 4.86. The zero-order valence-corrected chi connectivity index (χ0v) is 17.7. The van der Waals surface area contributed by atoms with Crippen LogP contribution in [-0.4, -0.2) is 38.4 Å². The summed E-state index contributed by atoms with van der Waals surface area (Å²) < 4.78 is 5.46. The van der Waals surface area contributed by atoms with Gasteiger partial charge in [0.2, 0.25) is 0 Å². The van der Waals surface area contributed by atoms with E-state index in [0.29, 0.717) is 23.5 Å². The molecule has 7 nitrogen and oxygen atoms in total. The zero-order chi connectivity index (χ0) is 23.4. The molecular formula is C26H22N2O5. The molecule has 166 valence electrons. The second kappa shape index (κ2) is 9.40. The molecule has 1 saturated heterocycles. The van der Waals surface area contributed by atoms with Crippen molar-refractivity contribution in [2.24, 2.45) is 0 Å². The number of benzene rings is 2. The van der Waals surface area contributed by atoms with Crippen molar-refractivity contribution in [1.82, 2.24) is 9.88 Å². The Kier molecular flexibility index (Phi) is 6.22. The SMILES string of the molecule is C=CCOc1ccc(C(O)=C2C(=O)C(=O)N(Cc3cccnc3)[C@H]2c2ccc(O)cc2)cc1. The van der Waals surface area contributed by atoms with E-state index in [0.717, 1.165) is 5.56 Å². The van der Waals surface area contributed by atoms with Crippen molar-refractivity contribution in [3.63, 3.8) is 0 Å². The maximum Gasteiger partial charge on any atom is 0.295 e. The summed E-state index contributed by atoms with van der Waals surface area (Å²) in [5.41, 5.74) is 1.69. The van der Waals surface area contributed by atoms with Crippen LogP contribution in [0.15, 0.2) is 91.3 Å². The predicted molar refractivity (Wildman–Crippen MR) is 122 cm³/mol. The number of nitrogens with zero attached hydrogens (tertiary/aromatic N) is 2. The van der Waals surface area contributed by atoms with Gasteiger partial charge >= 0.3 is 0 Å². The van der Waals surface area contributed by atoms with Crippen LogP contribution < -0.4 is 4.74 Å². The summed E-state index contributed by atoms with van der Waals surface area (Å²) in [7, 11) is 0. The van der Waals surface area contributed by atoms with Crippen molar-refractivity contribution in [2.45, 2.75) is 12.6 Å². The van der Waals surface area contributed by atoms with E-state index in [-0.39, 0.29) is 23.6 Å². The Morgan fingerprint density at radius 2 is 1.82 bits per heavy atom. The number of aromatic nitrogens is 1. The van der Waals surface area contributed by atoms with E-state index in [9.17, 15) is 19.8 Å². The van der Waals surface area contributed by atoms with Crippen LogP contribution in [0, 0.1) is 0 Å². The van der Waals surface area contributed by atoms with Crippen LogP contribution in [0.2, 0.25) is 0 Å². The molecule has 1 fully saturated rings. The quantitative estimate of drug-likeness (QED) is 0.249. The number of aromatic hydroxyl groups is 1. The average Bonchev–Trinajstić information content (AvgIpc) is 3.08. The molecule has 1 amide bonds. The molecule has 2 N–H and O–H groups in total. The van der Waals surface area contributed by atoms with Crippen LogP contribution in [0.1, 0.15) is 22.7 Å². The van der Waals surface area contributed by atoms with Gasteiger partial charge in [-0.3, -0.25) is 14.6 Å². The molecule has 2 aromatic carbocycles. The number of ketones is 1. The number of pyridine rings is 1. The number of rotatable bonds is 7. The van der Waals surface area contributed by atoms with E-state index in [1.165, 1.54) is 17.0 Å². The standard InChI is InChI=1S/C26H22N2O5/c1-2-14-33-21-11-7-19(8-12-21)24(30)22-23(18-5-9-20(29)10-6-18)28(26(32)25(22)31)16-17-4-3-13-27-15-17/h2-13,15,23,29-30H,1,14,16H2/t23-/m0/s1. The fourth-order valence-corrected chi connectivity index (χ4v) is 3.75. The molecule has 1 aliphatic heterocycles. The second-order valence-corrected chi connectivity index (χ2v) is 7.50. The van der Waals surface area contributed by atoms with E-state index >= 15 is 0 Å².